The highest BCUT2D eigenvalue weighted by molar-refractivity contribution is 5.81. The van der Waals surface area contributed by atoms with Gasteiger partial charge < -0.3 is 20.3 Å². The van der Waals surface area contributed by atoms with Crippen molar-refractivity contribution in [3.05, 3.63) is 54.2 Å². The lowest BCUT2D eigenvalue weighted by Crippen LogP contribution is -2.41. The third kappa shape index (κ3) is 5.26. The fourth-order valence-corrected chi connectivity index (χ4v) is 3.82. The molecule has 0 aliphatic carbocycles. The molecule has 2 atom stereocenters. The van der Waals surface area contributed by atoms with Crippen molar-refractivity contribution in [1.82, 2.24) is 15.1 Å². The first kappa shape index (κ1) is 19.7. The van der Waals surface area contributed by atoms with Gasteiger partial charge in [-0.05, 0) is 55.3 Å². The Balaban J connectivity index is 1.33. The number of nitrogens with zero attached hydrogens (tertiary/aromatic N) is 2. The molecule has 2 heterocycles. The van der Waals surface area contributed by atoms with Crippen molar-refractivity contribution in [2.45, 2.75) is 31.5 Å². The van der Waals surface area contributed by atoms with Gasteiger partial charge in [0.15, 0.2) is 0 Å². The molecule has 0 saturated carbocycles. The lowest BCUT2D eigenvalue weighted by molar-refractivity contribution is 0.0535. The molecule has 4 N–H and O–H groups in total. The molecule has 29 heavy (non-hydrogen) atoms. The minimum atomic E-state index is -0.853. The van der Waals surface area contributed by atoms with E-state index in [1.54, 1.807) is 0 Å². The molecule has 1 saturated heterocycles. The quantitative estimate of drug-likeness (QED) is 0.467. The number of aliphatic hydroxyl groups excluding tert-OH is 2. The Bertz CT molecular complexity index is 929. The predicted octanol–water partition coefficient (Wildman–Crippen LogP) is 2.37. The summed E-state index contributed by atoms with van der Waals surface area (Å²) < 4.78 is 5.57. The summed E-state index contributed by atoms with van der Waals surface area (Å²) in [5.74, 6) is 0.718. The summed E-state index contributed by atoms with van der Waals surface area (Å²) in [4.78, 5) is 2.46. The molecule has 1 aliphatic rings. The Labute approximate surface area is 170 Å². The molecule has 3 aromatic rings. The number of benzene rings is 2. The summed E-state index contributed by atoms with van der Waals surface area (Å²) in [7, 11) is 0. The number of hydrogen-bond acceptors (Lipinski definition) is 6. The maximum absolute atomic E-state index is 9.45. The van der Waals surface area contributed by atoms with E-state index in [4.69, 9.17) is 9.84 Å². The number of anilines is 1. The van der Waals surface area contributed by atoms with Gasteiger partial charge in [0.25, 0.3) is 0 Å². The molecule has 0 amide bonds. The molecule has 2 aromatic carbocycles. The molecule has 1 aromatic heterocycles. The van der Waals surface area contributed by atoms with Crippen LogP contribution in [0.1, 0.15) is 18.4 Å². The molecular formula is C22H28N4O3. The van der Waals surface area contributed by atoms with E-state index in [0.717, 1.165) is 54.8 Å². The van der Waals surface area contributed by atoms with Gasteiger partial charge in [-0.1, -0.05) is 12.1 Å². The summed E-state index contributed by atoms with van der Waals surface area (Å²) in [5.41, 5.74) is 3.36. The van der Waals surface area contributed by atoms with E-state index in [1.165, 1.54) is 5.56 Å². The molecular weight excluding hydrogens is 368 g/mol. The Morgan fingerprint density at radius 3 is 3.10 bits per heavy atom. The van der Waals surface area contributed by atoms with E-state index in [-0.39, 0.29) is 13.2 Å². The number of H-pyrrole nitrogens is 1. The zero-order valence-corrected chi connectivity index (χ0v) is 16.4. The second-order valence-electron chi connectivity index (χ2n) is 7.69. The third-order valence-corrected chi connectivity index (χ3v) is 5.27. The van der Waals surface area contributed by atoms with Gasteiger partial charge in [-0.2, -0.15) is 5.10 Å². The maximum atomic E-state index is 9.45. The molecule has 1 unspecified atom stereocenters. The molecule has 1 fully saturated rings. The van der Waals surface area contributed by atoms with E-state index < -0.39 is 6.10 Å². The normalized spacial score (nSPS) is 18.6. The van der Waals surface area contributed by atoms with Gasteiger partial charge in [0.05, 0.1) is 18.3 Å². The summed E-state index contributed by atoms with van der Waals surface area (Å²) in [6.07, 6.45) is 3.31. The predicted molar refractivity (Wildman–Crippen MR) is 113 cm³/mol. The van der Waals surface area contributed by atoms with Gasteiger partial charge >= 0.3 is 0 Å². The van der Waals surface area contributed by atoms with Crippen LogP contribution in [-0.2, 0) is 6.54 Å². The number of rotatable bonds is 8. The third-order valence-electron chi connectivity index (χ3n) is 5.27. The topological polar surface area (TPSA) is 93.6 Å². The van der Waals surface area contributed by atoms with Crippen LogP contribution < -0.4 is 10.1 Å². The van der Waals surface area contributed by atoms with E-state index in [9.17, 15) is 5.11 Å². The summed E-state index contributed by atoms with van der Waals surface area (Å²) in [5, 5.41) is 30.2. The van der Waals surface area contributed by atoms with Crippen molar-refractivity contribution in [2.75, 3.05) is 31.6 Å². The SMILES string of the molecule is OCC(O)COc1cccc(CN2CCC[C@@H](Nc3ccc4[nH]ncc4c3)C2)c1. The number of aromatic amines is 1. The van der Waals surface area contributed by atoms with E-state index in [0.29, 0.717) is 6.04 Å². The Morgan fingerprint density at radius 2 is 2.21 bits per heavy atom. The fraction of sp³-hybridized carbons (Fsp3) is 0.409. The lowest BCUT2D eigenvalue weighted by atomic mass is 10.0. The number of nitrogens with one attached hydrogen (secondary N) is 2. The number of aromatic nitrogens is 2. The van der Waals surface area contributed by atoms with E-state index in [1.807, 2.05) is 24.4 Å². The second-order valence-corrected chi connectivity index (χ2v) is 7.69. The highest BCUT2D eigenvalue weighted by Gasteiger charge is 2.20. The highest BCUT2D eigenvalue weighted by Crippen LogP contribution is 2.22. The monoisotopic (exact) mass is 396 g/mol. The minimum Gasteiger partial charge on any atom is -0.491 e. The molecule has 4 rings (SSSR count). The Morgan fingerprint density at radius 1 is 1.28 bits per heavy atom. The van der Waals surface area contributed by atoms with Crippen molar-refractivity contribution in [1.29, 1.82) is 0 Å². The van der Waals surface area contributed by atoms with Crippen LogP contribution in [0.4, 0.5) is 5.69 Å². The van der Waals surface area contributed by atoms with Crippen LogP contribution in [-0.4, -0.2) is 63.8 Å². The van der Waals surface area contributed by atoms with Gasteiger partial charge in [-0.3, -0.25) is 10.00 Å². The van der Waals surface area contributed by atoms with E-state index in [2.05, 4.69) is 44.7 Å². The molecule has 7 nitrogen and oxygen atoms in total. The number of fused-ring (bicyclic) bond motifs is 1. The standard InChI is InChI=1S/C22H28N4O3/c27-14-20(28)15-29-21-5-1-3-16(9-21)12-26-8-2-4-19(13-26)24-18-6-7-22-17(10-18)11-23-25-22/h1,3,5-7,9-11,19-20,24,27-28H,2,4,8,12-15H2,(H,23,25)/t19-,20?/m1/s1. The van der Waals surface area contributed by atoms with Crippen LogP contribution in [0, 0.1) is 0 Å². The summed E-state index contributed by atoms with van der Waals surface area (Å²) in [6.45, 7) is 2.72. The first-order valence-corrected chi connectivity index (χ1v) is 10.1. The van der Waals surface area contributed by atoms with Crippen molar-refractivity contribution >= 4 is 16.6 Å². The van der Waals surface area contributed by atoms with Gasteiger partial charge in [0.1, 0.15) is 18.5 Å². The molecule has 7 heteroatoms. The van der Waals surface area contributed by atoms with Gasteiger partial charge in [0.2, 0.25) is 0 Å². The highest BCUT2D eigenvalue weighted by atomic mass is 16.5. The Hall–Kier alpha value is -2.61. The number of piperidine rings is 1. The zero-order chi connectivity index (χ0) is 20.1. The van der Waals surface area contributed by atoms with Crippen molar-refractivity contribution in [2.24, 2.45) is 0 Å². The molecule has 0 radical (unpaired) electrons. The van der Waals surface area contributed by atoms with Gasteiger partial charge in [-0.15, -0.1) is 0 Å². The first-order valence-electron chi connectivity index (χ1n) is 10.1. The molecule has 154 valence electrons. The minimum absolute atomic E-state index is 0.0939. The van der Waals surface area contributed by atoms with Crippen molar-refractivity contribution < 1.29 is 14.9 Å². The summed E-state index contributed by atoms with van der Waals surface area (Å²) in [6, 6.07) is 14.7. The van der Waals surface area contributed by atoms with Crippen LogP contribution in [0.2, 0.25) is 0 Å². The number of likely N-dealkylation sites (tertiary alicyclic amines) is 1. The lowest BCUT2D eigenvalue weighted by Gasteiger charge is -2.33. The molecule has 0 spiro atoms. The van der Waals surface area contributed by atoms with E-state index >= 15 is 0 Å². The zero-order valence-electron chi connectivity index (χ0n) is 16.4. The molecule has 0 bridgehead atoms. The van der Waals surface area contributed by atoms with Crippen molar-refractivity contribution in [3.8, 4) is 5.75 Å². The van der Waals surface area contributed by atoms with Crippen LogP contribution in [0.25, 0.3) is 10.9 Å². The van der Waals surface area contributed by atoms with Crippen LogP contribution in [0.3, 0.4) is 0 Å². The van der Waals surface area contributed by atoms with Gasteiger partial charge in [0, 0.05) is 30.2 Å². The average molecular weight is 396 g/mol. The largest absolute Gasteiger partial charge is 0.491 e. The average Bonchev–Trinajstić information content (AvgIpc) is 3.20. The maximum Gasteiger partial charge on any atom is 0.119 e. The van der Waals surface area contributed by atoms with Crippen LogP contribution in [0.5, 0.6) is 5.75 Å². The van der Waals surface area contributed by atoms with Crippen LogP contribution >= 0.6 is 0 Å². The number of hydrogen-bond donors (Lipinski definition) is 4. The number of ether oxygens (including phenoxy) is 1. The van der Waals surface area contributed by atoms with Gasteiger partial charge in [-0.25, -0.2) is 0 Å². The van der Waals surface area contributed by atoms with Crippen molar-refractivity contribution in [3.63, 3.8) is 0 Å². The fourth-order valence-electron chi connectivity index (χ4n) is 3.82. The first-order chi connectivity index (χ1) is 14.2. The second kappa shape index (κ2) is 9.26. The Kier molecular flexibility index (Phi) is 6.29. The number of aliphatic hydroxyl groups is 2. The smallest absolute Gasteiger partial charge is 0.119 e. The molecule has 1 aliphatic heterocycles. The van der Waals surface area contributed by atoms with Crippen LogP contribution in [0.15, 0.2) is 48.7 Å². The summed E-state index contributed by atoms with van der Waals surface area (Å²) >= 11 is 0.